The van der Waals surface area contributed by atoms with E-state index in [1.165, 1.54) is 28.6 Å². The van der Waals surface area contributed by atoms with Gasteiger partial charge in [-0.2, -0.15) is 17.5 Å². The molecule has 11 heteroatoms. The van der Waals surface area contributed by atoms with Gasteiger partial charge in [-0.3, -0.25) is 4.79 Å². The molecule has 0 aliphatic carbocycles. The predicted octanol–water partition coefficient (Wildman–Crippen LogP) is 1.77. The fourth-order valence-electron chi connectivity index (χ4n) is 2.76. The van der Waals surface area contributed by atoms with Crippen LogP contribution in [-0.2, 0) is 10.0 Å². The molecular weight excluding hydrogens is 395 g/mol. The van der Waals surface area contributed by atoms with Gasteiger partial charge in [0.1, 0.15) is 6.54 Å². The highest BCUT2D eigenvalue weighted by Gasteiger charge is 2.35. The molecule has 2 rings (SSSR count). The first-order valence-corrected chi connectivity index (χ1v) is 9.20. The van der Waals surface area contributed by atoms with Crippen molar-refractivity contribution in [3.05, 3.63) is 29.8 Å². The predicted molar refractivity (Wildman–Crippen MR) is 92.9 cm³/mol. The molecule has 1 heterocycles. The van der Waals surface area contributed by atoms with Gasteiger partial charge in [-0.1, -0.05) is 0 Å². The lowest BCUT2D eigenvalue weighted by Crippen LogP contribution is -2.40. The van der Waals surface area contributed by atoms with Crippen molar-refractivity contribution in [2.24, 2.45) is 0 Å². The van der Waals surface area contributed by atoms with Crippen LogP contribution < -0.4 is 10.6 Å². The maximum absolute atomic E-state index is 12.7. The zero-order chi connectivity index (χ0) is 18.7. The normalized spacial score (nSPS) is 18.4. The third kappa shape index (κ3) is 5.57. The van der Waals surface area contributed by atoms with Crippen molar-refractivity contribution in [3.8, 4) is 0 Å². The number of rotatable bonds is 6. The van der Waals surface area contributed by atoms with Crippen molar-refractivity contribution in [3.63, 3.8) is 0 Å². The van der Waals surface area contributed by atoms with Crippen LogP contribution in [0, 0.1) is 0 Å². The lowest BCUT2D eigenvalue weighted by atomic mass is 10.2. The third-order valence-corrected chi connectivity index (χ3v) is 5.90. The van der Waals surface area contributed by atoms with Gasteiger partial charge in [0.15, 0.2) is 0 Å². The second-order valence-corrected chi connectivity index (χ2v) is 7.68. The number of halogens is 4. The lowest BCUT2D eigenvalue weighted by Gasteiger charge is -2.24. The summed E-state index contributed by atoms with van der Waals surface area (Å²) in [6.45, 7) is -0.481. The molecule has 1 aliphatic heterocycles. The summed E-state index contributed by atoms with van der Waals surface area (Å²) in [5.41, 5.74) is -0.0311. The molecule has 2 N–H and O–H groups in total. The molecule has 1 saturated heterocycles. The lowest BCUT2D eigenvalue weighted by molar-refractivity contribution is -0.123. The minimum absolute atomic E-state index is 0. The fourth-order valence-corrected chi connectivity index (χ4v) is 4.45. The maximum atomic E-state index is 12.7. The van der Waals surface area contributed by atoms with E-state index in [1.54, 1.807) is 12.4 Å². The van der Waals surface area contributed by atoms with E-state index in [2.05, 4.69) is 5.32 Å². The van der Waals surface area contributed by atoms with Crippen molar-refractivity contribution in [2.45, 2.75) is 30.0 Å². The summed E-state index contributed by atoms with van der Waals surface area (Å²) in [6.07, 6.45) is -2.97. The van der Waals surface area contributed by atoms with Crippen molar-refractivity contribution in [1.29, 1.82) is 0 Å². The zero-order valence-electron chi connectivity index (χ0n) is 14.0. The average Bonchev–Trinajstić information content (AvgIpc) is 3.01. The van der Waals surface area contributed by atoms with Gasteiger partial charge in [0.2, 0.25) is 10.0 Å². The molecule has 0 bridgehead atoms. The van der Waals surface area contributed by atoms with Crippen molar-refractivity contribution >= 4 is 28.3 Å². The summed E-state index contributed by atoms with van der Waals surface area (Å²) < 4.78 is 63.2. The summed E-state index contributed by atoms with van der Waals surface area (Å²) in [4.78, 5) is 11.7. The Morgan fingerprint density at radius 2 is 1.88 bits per heavy atom. The molecule has 26 heavy (non-hydrogen) atoms. The Morgan fingerprint density at radius 3 is 2.42 bits per heavy atom. The zero-order valence-corrected chi connectivity index (χ0v) is 15.7. The first kappa shape index (κ1) is 22.7. The maximum Gasteiger partial charge on any atom is 0.405 e. The van der Waals surface area contributed by atoms with Crippen LogP contribution in [0.1, 0.15) is 23.2 Å². The first-order valence-electron chi connectivity index (χ1n) is 7.76. The van der Waals surface area contributed by atoms with E-state index >= 15 is 0 Å². The highest BCUT2D eigenvalue weighted by molar-refractivity contribution is 7.89. The Morgan fingerprint density at radius 1 is 1.27 bits per heavy atom. The Bertz CT molecular complexity index is 711. The van der Waals surface area contributed by atoms with Gasteiger partial charge in [-0.25, -0.2) is 8.42 Å². The molecule has 6 nitrogen and oxygen atoms in total. The minimum atomic E-state index is -4.50. The quantitative estimate of drug-likeness (QED) is 0.742. The Labute approximate surface area is 156 Å². The summed E-state index contributed by atoms with van der Waals surface area (Å²) in [5.74, 6) is -0.907. The molecule has 0 aromatic heterocycles. The van der Waals surface area contributed by atoms with Crippen LogP contribution in [0.5, 0.6) is 0 Å². The number of likely N-dealkylation sites (N-methyl/N-ethyl adjacent to an activating group) is 1. The number of nitrogens with zero attached hydrogens (tertiary/aromatic N) is 1. The van der Waals surface area contributed by atoms with Crippen LogP contribution in [0.15, 0.2) is 29.2 Å². The molecule has 1 unspecified atom stereocenters. The van der Waals surface area contributed by atoms with Crippen molar-refractivity contribution < 1.29 is 26.4 Å². The Balaban J connectivity index is 0.00000338. The monoisotopic (exact) mass is 415 g/mol. The van der Waals surface area contributed by atoms with Crippen LogP contribution in [-0.4, -0.2) is 57.5 Å². The van der Waals surface area contributed by atoms with Gasteiger partial charge >= 0.3 is 6.18 Å². The van der Waals surface area contributed by atoms with Crippen LogP contribution >= 0.6 is 12.4 Å². The second-order valence-electron chi connectivity index (χ2n) is 5.79. The summed E-state index contributed by atoms with van der Waals surface area (Å²) in [7, 11) is -1.96. The highest BCUT2D eigenvalue weighted by atomic mass is 35.5. The summed E-state index contributed by atoms with van der Waals surface area (Å²) in [6, 6.07) is 4.77. The van der Waals surface area contributed by atoms with Crippen LogP contribution in [0.4, 0.5) is 13.2 Å². The SMILES string of the molecule is CNCC1CCCN1S(=O)(=O)c1ccc(C(=O)NCC(F)(F)F)cc1.Cl. The van der Waals surface area contributed by atoms with E-state index in [1.807, 2.05) is 0 Å². The Hall–Kier alpha value is -1.36. The molecular formula is C15H21ClF3N3O3S. The van der Waals surface area contributed by atoms with E-state index < -0.39 is 28.7 Å². The standard InChI is InChI=1S/C15H20F3N3O3S.ClH/c1-19-9-12-3-2-8-21(12)25(23,24)13-6-4-11(5-7-13)14(22)20-10-15(16,17)18;/h4-7,12,19H,2-3,8-10H2,1H3,(H,20,22);1H. The Kier molecular flexibility index (Phi) is 7.87. The second kappa shape index (κ2) is 9.03. The minimum Gasteiger partial charge on any atom is -0.343 e. The molecule has 1 atom stereocenters. The smallest absolute Gasteiger partial charge is 0.343 e. The van der Waals surface area contributed by atoms with Gasteiger partial charge in [0.25, 0.3) is 5.91 Å². The molecule has 1 amide bonds. The molecule has 1 aromatic rings. The van der Waals surface area contributed by atoms with Gasteiger partial charge in [-0.05, 0) is 44.2 Å². The van der Waals surface area contributed by atoms with Crippen LogP contribution in [0.2, 0.25) is 0 Å². The molecule has 1 fully saturated rings. The van der Waals surface area contributed by atoms with Gasteiger partial charge in [0.05, 0.1) is 4.90 Å². The van der Waals surface area contributed by atoms with E-state index in [0.29, 0.717) is 13.1 Å². The molecule has 1 aliphatic rings. The van der Waals surface area contributed by atoms with Crippen LogP contribution in [0.3, 0.4) is 0 Å². The van der Waals surface area contributed by atoms with Crippen LogP contribution in [0.25, 0.3) is 0 Å². The van der Waals surface area contributed by atoms with Crippen molar-refractivity contribution in [2.75, 3.05) is 26.7 Å². The van der Waals surface area contributed by atoms with Crippen molar-refractivity contribution in [1.82, 2.24) is 14.9 Å². The number of alkyl halides is 3. The van der Waals surface area contributed by atoms with Gasteiger partial charge in [-0.15, -0.1) is 12.4 Å². The fraction of sp³-hybridized carbons (Fsp3) is 0.533. The van der Waals surface area contributed by atoms with E-state index in [4.69, 9.17) is 0 Å². The number of sulfonamides is 1. The molecule has 1 aromatic carbocycles. The first-order chi connectivity index (χ1) is 11.6. The number of hydrogen-bond acceptors (Lipinski definition) is 4. The number of carbonyl (C=O) groups is 1. The van der Waals surface area contributed by atoms with Gasteiger partial charge in [0, 0.05) is 24.7 Å². The summed E-state index contributed by atoms with van der Waals surface area (Å²) >= 11 is 0. The number of carbonyl (C=O) groups excluding carboxylic acids is 1. The number of nitrogens with one attached hydrogen (secondary N) is 2. The number of benzene rings is 1. The average molecular weight is 416 g/mol. The largest absolute Gasteiger partial charge is 0.405 e. The van der Waals surface area contributed by atoms with E-state index in [9.17, 15) is 26.4 Å². The van der Waals surface area contributed by atoms with E-state index in [0.717, 1.165) is 12.8 Å². The number of hydrogen-bond donors (Lipinski definition) is 2. The number of amides is 1. The highest BCUT2D eigenvalue weighted by Crippen LogP contribution is 2.26. The van der Waals surface area contributed by atoms with Gasteiger partial charge < -0.3 is 10.6 Å². The third-order valence-electron chi connectivity index (χ3n) is 3.94. The molecule has 0 radical (unpaired) electrons. The summed E-state index contributed by atoms with van der Waals surface area (Å²) in [5, 5.41) is 4.71. The molecule has 0 spiro atoms. The topological polar surface area (TPSA) is 78.5 Å². The molecule has 0 saturated carbocycles. The molecule has 148 valence electrons. The van der Waals surface area contributed by atoms with E-state index in [-0.39, 0.29) is 28.9 Å².